The maximum absolute atomic E-state index is 6.21. The number of nitrogens with zero attached hydrogens (tertiary/aromatic N) is 2. The molecule has 0 saturated heterocycles. The number of aromatic nitrogens is 2. The summed E-state index contributed by atoms with van der Waals surface area (Å²) in [5.74, 6) is 6.91. The van der Waals surface area contributed by atoms with E-state index in [4.69, 9.17) is 34.8 Å². The van der Waals surface area contributed by atoms with Crippen molar-refractivity contribution in [2.45, 2.75) is 0 Å². The number of nitrogens with two attached hydrogens (primary N) is 2. The van der Waals surface area contributed by atoms with Crippen LogP contribution in [0.1, 0.15) is 0 Å². The molecule has 1 heterocycles. The van der Waals surface area contributed by atoms with Gasteiger partial charge in [0.05, 0.1) is 5.02 Å². The quantitative estimate of drug-likeness (QED) is 0.706. The van der Waals surface area contributed by atoms with Gasteiger partial charge in [0.2, 0.25) is 0 Å². The number of nitrogen functional groups attached to an aromatic ring is 2. The molecule has 4 nitrogen and oxygen atoms in total. The molecule has 3 aromatic rings. The summed E-state index contributed by atoms with van der Waals surface area (Å²) in [6.07, 6.45) is 0. The molecule has 6 heteroatoms. The summed E-state index contributed by atoms with van der Waals surface area (Å²) in [6, 6.07) is 14.7. The molecule has 0 aliphatic rings. The minimum absolute atomic E-state index is 0.331. The Hall–Kier alpha value is -2.17. The molecule has 3 rings (SSSR count). The Morgan fingerprint density at radius 1 is 1.00 bits per heavy atom. The lowest BCUT2D eigenvalue weighted by atomic mass is 10.1. The van der Waals surface area contributed by atoms with E-state index < -0.39 is 0 Å². The third kappa shape index (κ3) is 2.44. The van der Waals surface area contributed by atoms with Gasteiger partial charge < -0.3 is 11.6 Å². The lowest BCUT2D eigenvalue weighted by Crippen LogP contribution is -2.13. The number of hydrogen-bond donors (Lipinski definition) is 2. The van der Waals surface area contributed by atoms with Crippen LogP contribution in [0.15, 0.2) is 48.5 Å². The van der Waals surface area contributed by atoms with Crippen molar-refractivity contribution in [3.8, 4) is 22.6 Å². The smallest absolute Gasteiger partial charge is 0.160 e. The first-order chi connectivity index (χ1) is 10.1. The molecule has 0 fully saturated rings. The standard InChI is InChI=1S/C15H12Cl2N4/c16-10-6-7-12(17)11(8-10)13-14(18)21(19)15(20-13)9-4-2-1-3-5-9/h1-8H,18-19H2. The van der Waals surface area contributed by atoms with Crippen molar-refractivity contribution in [3.05, 3.63) is 58.6 Å². The van der Waals surface area contributed by atoms with Crippen molar-refractivity contribution in [2.75, 3.05) is 11.6 Å². The number of halogens is 2. The summed E-state index contributed by atoms with van der Waals surface area (Å²) in [7, 11) is 0. The fourth-order valence-corrected chi connectivity index (χ4v) is 2.49. The summed E-state index contributed by atoms with van der Waals surface area (Å²) >= 11 is 12.2. The van der Waals surface area contributed by atoms with Gasteiger partial charge in [-0.15, -0.1) is 0 Å². The summed E-state index contributed by atoms with van der Waals surface area (Å²) in [6.45, 7) is 0. The Morgan fingerprint density at radius 3 is 2.43 bits per heavy atom. The highest BCUT2D eigenvalue weighted by atomic mass is 35.5. The van der Waals surface area contributed by atoms with Gasteiger partial charge in [-0.3, -0.25) is 0 Å². The van der Waals surface area contributed by atoms with Gasteiger partial charge in [0.25, 0.3) is 0 Å². The van der Waals surface area contributed by atoms with Gasteiger partial charge in [-0.05, 0) is 18.2 Å². The van der Waals surface area contributed by atoms with Gasteiger partial charge >= 0.3 is 0 Å². The van der Waals surface area contributed by atoms with Crippen LogP contribution >= 0.6 is 23.2 Å². The van der Waals surface area contributed by atoms with Gasteiger partial charge in [0.1, 0.15) is 5.69 Å². The lowest BCUT2D eigenvalue weighted by molar-refractivity contribution is 1.02. The van der Waals surface area contributed by atoms with Crippen molar-refractivity contribution >= 4 is 29.0 Å². The highest BCUT2D eigenvalue weighted by Gasteiger charge is 2.18. The molecule has 0 spiro atoms. The molecular formula is C15H12Cl2N4. The topological polar surface area (TPSA) is 69.9 Å². The molecule has 0 bridgehead atoms. The van der Waals surface area contributed by atoms with Crippen molar-refractivity contribution < 1.29 is 0 Å². The fourth-order valence-electron chi connectivity index (χ4n) is 2.11. The second-order valence-corrected chi connectivity index (χ2v) is 5.37. The molecule has 0 aliphatic carbocycles. The molecule has 0 atom stereocenters. The SMILES string of the molecule is Nc1c(-c2cc(Cl)ccc2Cl)nc(-c2ccccc2)n1N. The van der Waals surface area contributed by atoms with Gasteiger partial charge in [0.15, 0.2) is 11.6 Å². The fraction of sp³-hybridized carbons (Fsp3) is 0. The van der Waals surface area contributed by atoms with E-state index in [2.05, 4.69) is 4.98 Å². The molecular weight excluding hydrogens is 307 g/mol. The van der Waals surface area contributed by atoms with E-state index in [1.807, 2.05) is 30.3 Å². The van der Waals surface area contributed by atoms with Gasteiger partial charge in [0, 0.05) is 16.1 Å². The van der Waals surface area contributed by atoms with Crippen LogP contribution in [-0.4, -0.2) is 9.66 Å². The maximum atomic E-state index is 6.21. The van der Waals surface area contributed by atoms with Crippen molar-refractivity contribution in [3.63, 3.8) is 0 Å². The molecule has 106 valence electrons. The molecule has 21 heavy (non-hydrogen) atoms. The molecule has 0 amide bonds. The van der Waals surface area contributed by atoms with Crippen LogP contribution in [0.2, 0.25) is 10.0 Å². The number of benzene rings is 2. The van der Waals surface area contributed by atoms with E-state index in [0.717, 1.165) is 5.56 Å². The molecule has 4 N–H and O–H groups in total. The molecule has 0 aliphatic heterocycles. The van der Waals surface area contributed by atoms with Crippen LogP contribution in [0.4, 0.5) is 5.82 Å². The van der Waals surface area contributed by atoms with E-state index in [1.165, 1.54) is 4.68 Å². The Morgan fingerprint density at radius 2 is 1.71 bits per heavy atom. The van der Waals surface area contributed by atoms with E-state index in [1.54, 1.807) is 18.2 Å². The van der Waals surface area contributed by atoms with Gasteiger partial charge in [-0.25, -0.2) is 9.66 Å². The van der Waals surface area contributed by atoms with Crippen LogP contribution in [0.25, 0.3) is 22.6 Å². The van der Waals surface area contributed by atoms with Crippen molar-refractivity contribution in [2.24, 2.45) is 0 Å². The summed E-state index contributed by atoms with van der Waals surface area (Å²) in [5, 5.41) is 1.07. The summed E-state index contributed by atoms with van der Waals surface area (Å²) < 4.78 is 1.35. The largest absolute Gasteiger partial charge is 0.382 e. The first-order valence-corrected chi connectivity index (χ1v) is 6.97. The Labute approximate surface area is 131 Å². The summed E-state index contributed by atoms with van der Waals surface area (Å²) in [5.41, 5.74) is 8.11. The monoisotopic (exact) mass is 318 g/mol. The highest BCUT2D eigenvalue weighted by Crippen LogP contribution is 2.35. The predicted molar refractivity (Wildman–Crippen MR) is 87.7 cm³/mol. The van der Waals surface area contributed by atoms with E-state index >= 15 is 0 Å². The molecule has 1 aromatic heterocycles. The van der Waals surface area contributed by atoms with Crippen LogP contribution in [0, 0.1) is 0 Å². The van der Waals surface area contributed by atoms with Crippen LogP contribution < -0.4 is 11.6 Å². The minimum Gasteiger partial charge on any atom is -0.382 e. The number of rotatable bonds is 2. The maximum Gasteiger partial charge on any atom is 0.160 e. The summed E-state index contributed by atoms with van der Waals surface area (Å²) in [4.78, 5) is 4.52. The first kappa shape index (κ1) is 13.8. The molecule has 0 unspecified atom stereocenters. The van der Waals surface area contributed by atoms with Crippen molar-refractivity contribution in [1.82, 2.24) is 9.66 Å². The first-order valence-electron chi connectivity index (χ1n) is 6.22. The third-order valence-electron chi connectivity index (χ3n) is 3.16. The minimum atomic E-state index is 0.331. The van der Waals surface area contributed by atoms with E-state index in [9.17, 15) is 0 Å². The van der Waals surface area contributed by atoms with Crippen LogP contribution in [0.3, 0.4) is 0 Å². The normalized spacial score (nSPS) is 10.8. The lowest BCUT2D eigenvalue weighted by Gasteiger charge is -2.03. The average molecular weight is 319 g/mol. The van der Waals surface area contributed by atoms with E-state index in [-0.39, 0.29) is 0 Å². The third-order valence-corrected chi connectivity index (χ3v) is 3.73. The Kier molecular flexibility index (Phi) is 3.49. The van der Waals surface area contributed by atoms with E-state index in [0.29, 0.717) is 32.9 Å². The second-order valence-electron chi connectivity index (χ2n) is 4.53. The highest BCUT2D eigenvalue weighted by molar-refractivity contribution is 6.35. The zero-order valence-corrected chi connectivity index (χ0v) is 12.4. The van der Waals surface area contributed by atoms with Gasteiger partial charge in [-0.2, -0.15) is 0 Å². The zero-order valence-electron chi connectivity index (χ0n) is 10.9. The molecule has 0 saturated carbocycles. The Bertz CT molecular complexity index is 797. The zero-order chi connectivity index (χ0) is 15.0. The van der Waals surface area contributed by atoms with Crippen LogP contribution in [-0.2, 0) is 0 Å². The number of hydrogen-bond acceptors (Lipinski definition) is 3. The van der Waals surface area contributed by atoms with Crippen LogP contribution in [0.5, 0.6) is 0 Å². The average Bonchev–Trinajstić information content (AvgIpc) is 2.79. The second kappa shape index (κ2) is 5.31. The number of imidazole rings is 1. The Balaban J connectivity index is 2.20. The number of anilines is 1. The van der Waals surface area contributed by atoms with Gasteiger partial charge in [-0.1, -0.05) is 53.5 Å². The van der Waals surface area contributed by atoms with Crippen molar-refractivity contribution in [1.29, 1.82) is 0 Å². The predicted octanol–water partition coefficient (Wildman–Crippen LogP) is 3.82. The molecule has 0 radical (unpaired) electrons. The molecule has 2 aromatic carbocycles.